The van der Waals surface area contributed by atoms with E-state index in [4.69, 9.17) is 4.74 Å². The molecule has 0 aliphatic heterocycles. The number of aromatic nitrogens is 2. The predicted molar refractivity (Wildman–Crippen MR) is 103 cm³/mol. The quantitative estimate of drug-likeness (QED) is 0.575. The van der Waals surface area contributed by atoms with Crippen LogP contribution in [0.2, 0.25) is 0 Å². The molecule has 0 atom stereocenters. The monoisotopic (exact) mass is 422 g/mol. The van der Waals surface area contributed by atoms with E-state index in [0.29, 0.717) is 16.5 Å². The molecule has 0 N–H and O–H groups in total. The molecule has 148 valence electrons. The van der Waals surface area contributed by atoms with Crippen molar-refractivity contribution in [3.63, 3.8) is 0 Å². The van der Waals surface area contributed by atoms with Crippen LogP contribution in [-0.2, 0) is 31.0 Å². The summed E-state index contributed by atoms with van der Waals surface area (Å²) in [6.45, 7) is 0.178. The lowest BCUT2D eigenvalue weighted by Crippen LogP contribution is -2.13. The first-order valence-corrected chi connectivity index (χ1v) is 11.9. The van der Waals surface area contributed by atoms with Gasteiger partial charge in [0.25, 0.3) is 0 Å². The molecule has 0 aliphatic rings. The lowest BCUT2D eigenvalue weighted by molar-refractivity contribution is 0.0589. The van der Waals surface area contributed by atoms with E-state index in [9.17, 15) is 21.6 Å². The molecule has 2 aromatic carbocycles. The fourth-order valence-corrected chi connectivity index (χ4v) is 4.06. The van der Waals surface area contributed by atoms with E-state index < -0.39 is 25.6 Å². The van der Waals surface area contributed by atoms with Crippen molar-refractivity contribution in [2.24, 2.45) is 0 Å². The highest BCUT2D eigenvalue weighted by molar-refractivity contribution is 7.91. The molecule has 0 fully saturated rings. The Morgan fingerprint density at radius 2 is 1.54 bits per heavy atom. The van der Waals surface area contributed by atoms with Gasteiger partial charge in [0.2, 0.25) is 0 Å². The number of hydrogen-bond acceptors (Lipinski definition) is 7. The average molecular weight is 422 g/mol. The van der Waals surface area contributed by atoms with Gasteiger partial charge in [-0.2, -0.15) is 5.10 Å². The molecule has 3 rings (SSSR count). The van der Waals surface area contributed by atoms with E-state index >= 15 is 0 Å². The number of fused-ring (bicyclic) bond motifs is 1. The highest BCUT2D eigenvalue weighted by atomic mass is 32.2. The Morgan fingerprint density at radius 1 is 0.964 bits per heavy atom. The number of rotatable bonds is 5. The molecule has 0 saturated heterocycles. The Bertz CT molecular complexity index is 1270. The van der Waals surface area contributed by atoms with Gasteiger partial charge in [-0.1, -0.05) is 12.1 Å². The largest absolute Gasteiger partial charge is 0.464 e. The van der Waals surface area contributed by atoms with Crippen molar-refractivity contribution in [2.75, 3.05) is 19.6 Å². The molecule has 0 aliphatic carbocycles. The van der Waals surface area contributed by atoms with Crippen molar-refractivity contribution in [1.82, 2.24) is 9.78 Å². The molecular weight excluding hydrogens is 404 g/mol. The molecule has 1 heterocycles. The van der Waals surface area contributed by atoms with Crippen molar-refractivity contribution in [3.8, 4) is 0 Å². The van der Waals surface area contributed by atoms with Gasteiger partial charge < -0.3 is 4.74 Å². The van der Waals surface area contributed by atoms with Crippen molar-refractivity contribution >= 4 is 36.5 Å². The minimum absolute atomic E-state index is 0.0959. The first-order valence-electron chi connectivity index (χ1n) is 8.08. The molecule has 1 aromatic heterocycles. The molecule has 28 heavy (non-hydrogen) atoms. The van der Waals surface area contributed by atoms with Crippen molar-refractivity contribution in [1.29, 1.82) is 0 Å². The topological polar surface area (TPSA) is 112 Å². The molecule has 0 spiro atoms. The number of ether oxygens (including phenoxy) is 1. The highest BCUT2D eigenvalue weighted by Gasteiger charge is 2.21. The van der Waals surface area contributed by atoms with Gasteiger partial charge in [0.1, 0.15) is 0 Å². The number of carbonyl (C=O) groups excluding carboxylic acids is 1. The Morgan fingerprint density at radius 3 is 2.07 bits per heavy atom. The van der Waals surface area contributed by atoms with Crippen LogP contribution in [0.3, 0.4) is 0 Å². The van der Waals surface area contributed by atoms with Gasteiger partial charge in [0.05, 0.1) is 29.0 Å². The summed E-state index contributed by atoms with van der Waals surface area (Å²) < 4.78 is 53.0. The summed E-state index contributed by atoms with van der Waals surface area (Å²) >= 11 is 0. The molecule has 0 saturated carbocycles. The van der Waals surface area contributed by atoms with Gasteiger partial charge >= 0.3 is 5.97 Å². The minimum atomic E-state index is -3.42. The Kier molecular flexibility index (Phi) is 5.02. The third-order valence-electron chi connectivity index (χ3n) is 4.20. The normalized spacial score (nSPS) is 12.2. The number of benzene rings is 2. The first-order chi connectivity index (χ1) is 13.0. The van der Waals surface area contributed by atoms with Crippen LogP contribution < -0.4 is 0 Å². The Labute approximate surface area is 162 Å². The van der Waals surface area contributed by atoms with Crippen LogP contribution in [0, 0.1) is 0 Å². The summed E-state index contributed by atoms with van der Waals surface area (Å²) in [7, 11) is -5.49. The van der Waals surface area contributed by atoms with Crippen LogP contribution in [-0.4, -0.2) is 52.2 Å². The lowest BCUT2D eigenvalue weighted by Gasteiger charge is -2.07. The number of nitrogens with zero attached hydrogens (tertiary/aromatic N) is 2. The van der Waals surface area contributed by atoms with Crippen molar-refractivity contribution < 1.29 is 26.4 Å². The van der Waals surface area contributed by atoms with Gasteiger partial charge in [-0.15, -0.1) is 0 Å². The molecular formula is C18H18N2O6S2. The number of methoxy groups -OCH3 is 1. The second-order valence-corrected chi connectivity index (χ2v) is 10.4. The number of hydrogen-bond donors (Lipinski definition) is 0. The molecule has 3 aromatic rings. The molecule has 10 heteroatoms. The summed E-state index contributed by atoms with van der Waals surface area (Å²) in [4.78, 5) is 12.6. The van der Waals surface area contributed by atoms with Crippen LogP contribution in [0.4, 0.5) is 0 Å². The summed E-state index contributed by atoms with van der Waals surface area (Å²) in [5.74, 6) is -0.609. The second-order valence-electron chi connectivity index (χ2n) is 6.37. The maximum Gasteiger partial charge on any atom is 0.356 e. The van der Waals surface area contributed by atoms with Crippen LogP contribution in [0.1, 0.15) is 16.1 Å². The number of carbonyl (C=O) groups is 1. The summed E-state index contributed by atoms with van der Waals surface area (Å²) in [5, 5.41) is 4.82. The molecule has 0 bridgehead atoms. The van der Waals surface area contributed by atoms with E-state index in [1.165, 1.54) is 42.1 Å². The zero-order chi connectivity index (χ0) is 20.7. The van der Waals surface area contributed by atoms with Crippen LogP contribution in [0.25, 0.3) is 10.9 Å². The summed E-state index contributed by atoms with van der Waals surface area (Å²) in [6, 6.07) is 10.6. The Balaban J connectivity index is 2.10. The van der Waals surface area contributed by atoms with Gasteiger partial charge in [-0.3, -0.25) is 4.68 Å². The van der Waals surface area contributed by atoms with Gasteiger partial charge in [-0.25, -0.2) is 21.6 Å². The number of esters is 1. The standard InChI is InChI=1S/C18H18N2O6S2/c1-26-18(21)17-15-9-8-14(28(3,24)25)10-16(15)19-20(17)11-12-4-6-13(7-5-12)27(2,22)23/h4-10H,11H2,1-3H3. The third kappa shape index (κ3) is 3.92. The van der Waals surface area contributed by atoms with Crippen LogP contribution in [0.15, 0.2) is 52.3 Å². The van der Waals surface area contributed by atoms with E-state index in [-0.39, 0.29) is 22.0 Å². The fraction of sp³-hybridized carbons (Fsp3) is 0.222. The van der Waals surface area contributed by atoms with E-state index in [0.717, 1.165) is 12.5 Å². The predicted octanol–water partition coefficient (Wildman–Crippen LogP) is 1.68. The molecule has 0 radical (unpaired) electrons. The SMILES string of the molecule is COC(=O)c1c2ccc(S(C)(=O)=O)cc2nn1Cc1ccc(S(C)(=O)=O)cc1. The van der Waals surface area contributed by atoms with Gasteiger partial charge in [-0.05, 0) is 35.9 Å². The van der Waals surface area contributed by atoms with E-state index in [1.807, 2.05) is 0 Å². The van der Waals surface area contributed by atoms with Gasteiger partial charge in [0, 0.05) is 17.9 Å². The van der Waals surface area contributed by atoms with E-state index in [1.54, 1.807) is 12.1 Å². The third-order valence-corrected chi connectivity index (χ3v) is 6.44. The smallest absolute Gasteiger partial charge is 0.356 e. The zero-order valence-corrected chi connectivity index (χ0v) is 17.0. The van der Waals surface area contributed by atoms with Crippen molar-refractivity contribution in [2.45, 2.75) is 16.3 Å². The van der Waals surface area contributed by atoms with Crippen LogP contribution in [0.5, 0.6) is 0 Å². The minimum Gasteiger partial charge on any atom is -0.464 e. The number of sulfone groups is 2. The average Bonchev–Trinajstić information content (AvgIpc) is 2.97. The molecule has 0 amide bonds. The maximum atomic E-state index is 12.3. The fourth-order valence-electron chi connectivity index (χ4n) is 2.79. The maximum absolute atomic E-state index is 12.3. The highest BCUT2D eigenvalue weighted by Crippen LogP contribution is 2.24. The second kappa shape index (κ2) is 7.02. The summed E-state index contributed by atoms with van der Waals surface area (Å²) in [6.07, 6.45) is 2.21. The summed E-state index contributed by atoms with van der Waals surface area (Å²) in [5.41, 5.74) is 1.24. The van der Waals surface area contributed by atoms with Crippen molar-refractivity contribution in [3.05, 3.63) is 53.7 Å². The van der Waals surface area contributed by atoms with Gasteiger partial charge in [0.15, 0.2) is 25.4 Å². The molecule has 8 nitrogen and oxygen atoms in total. The van der Waals surface area contributed by atoms with E-state index in [2.05, 4.69) is 5.10 Å². The molecule has 0 unspecified atom stereocenters. The van der Waals surface area contributed by atoms with Crippen LogP contribution >= 0.6 is 0 Å². The lowest BCUT2D eigenvalue weighted by atomic mass is 10.2. The first kappa shape index (κ1) is 20.0. The zero-order valence-electron chi connectivity index (χ0n) is 15.4. The Hall–Kier alpha value is -2.72.